The topological polar surface area (TPSA) is 70.3 Å². The lowest BCUT2D eigenvalue weighted by Crippen LogP contribution is -2.38. The monoisotopic (exact) mass is 310 g/mol. The van der Waals surface area contributed by atoms with Crippen molar-refractivity contribution < 1.29 is 18.3 Å². The van der Waals surface area contributed by atoms with Crippen LogP contribution in [-0.2, 0) is 25.4 Å². The Kier molecular flexibility index (Phi) is 4.20. The highest BCUT2D eigenvalue weighted by Crippen LogP contribution is 2.10. The van der Waals surface area contributed by atoms with E-state index in [0.29, 0.717) is 6.07 Å². The predicted molar refractivity (Wildman–Crippen MR) is 72.4 cm³/mol. The Balaban J connectivity index is 2.20. The van der Waals surface area contributed by atoms with Crippen molar-refractivity contribution in [1.29, 1.82) is 0 Å². The number of aromatic nitrogens is 2. The second kappa shape index (κ2) is 5.92. The van der Waals surface area contributed by atoms with E-state index in [-0.39, 0.29) is 17.9 Å². The molecule has 2 aromatic rings. The number of carbonyl (C=O) groups excluding carboxylic acids is 1. The molecule has 116 valence electrons. The molecule has 6 nitrogen and oxygen atoms in total. The van der Waals surface area contributed by atoms with Crippen molar-refractivity contribution in [3.05, 3.63) is 68.0 Å². The molecule has 0 saturated carbocycles. The van der Waals surface area contributed by atoms with Crippen LogP contribution in [0, 0.1) is 11.6 Å². The quantitative estimate of drug-likeness (QED) is 0.783. The van der Waals surface area contributed by atoms with E-state index in [1.54, 1.807) is 0 Å². The molecule has 1 aromatic heterocycles. The Morgan fingerprint density at radius 1 is 1.09 bits per heavy atom. The summed E-state index contributed by atoms with van der Waals surface area (Å²) in [6.45, 7) is -0.348. The number of carbonyl (C=O) groups is 1. The summed E-state index contributed by atoms with van der Waals surface area (Å²) in [6, 6.07) is 3.74. The van der Waals surface area contributed by atoms with E-state index in [0.717, 1.165) is 27.3 Å². The molecule has 0 fully saturated rings. The van der Waals surface area contributed by atoms with Crippen molar-refractivity contribution in [2.24, 2.45) is 14.1 Å². The number of benzene rings is 1. The Hall–Kier alpha value is -2.77. The summed E-state index contributed by atoms with van der Waals surface area (Å²) >= 11 is 0. The van der Waals surface area contributed by atoms with Gasteiger partial charge in [0, 0.05) is 20.2 Å². The highest BCUT2D eigenvalue weighted by atomic mass is 19.2. The number of ether oxygens (including phenoxy) is 1. The van der Waals surface area contributed by atoms with Gasteiger partial charge in [-0.05, 0) is 18.2 Å². The summed E-state index contributed by atoms with van der Waals surface area (Å²) in [5, 5.41) is 0. The Morgan fingerprint density at radius 2 is 1.77 bits per heavy atom. The Labute approximate surface area is 123 Å². The number of nitrogens with zero attached hydrogens (tertiary/aromatic N) is 2. The molecule has 0 atom stereocenters. The largest absolute Gasteiger partial charge is 0.456 e. The first-order valence-corrected chi connectivity index (χ1v) is 6.19. The number of hydrogen-bond donors (Lipinski definition) is 0. The van der Waals surface area contributed by atoms with Crippen molar-refractivity contribution in [3.8, 4) is 0 Å². The van der Waals surface area contributed by atoms with Gasteiger partial charge in [-0.2, -0.15) is 0 Å². The molecule has 22 heavy (non-hydrogen) atoms. The van der Waals surface area contributed by atoms with Crippen LogP contribution in [0.15, 0.2) is 33.9 Å². The fourth-order valence-electron chi connectivity index (χ4n) is 1.76. The first kappa shape index (κ1) is 15.6. The molecule has 1 aromatic carbocycles. The number of esters is 1. The molecular weight excluding hydrogens is 298 g/mol. The average Bonchev–Trinajstić information content (AvgIpc) is 2.49. The van der Waals surface area contributed by atoms with Gasteiger partial charge in [-0.15, -0.1) is 0 Å². The van der Waals surface area contributed by atoms with Crippen LogP contribution in [-0.4, -0.2) is 15.1 Å². The second-order valence-corrected chi connectivity index (χ2v) is 4.58. The van der Waals surface area contributed by atoms with Crippen molar-refractivity contribution in [3.63, 3.8) is 0 Å². The van der Waals surface area contributed by atoms with Crippen LogP contribution in [0.3, 0.4) is 0 Å². The van der Waals surface area contributed by atoms with Crippen LogP contribution in [0.2, 0.25) is 0 Å². The molecule has 0 N–H and O–H groups in total. The fraction of sp³-hybridized carbons (Fsp3) is 0.214. The second-order valence-electron chi connectivity index (χ2n) is 4.58. The van der Waals surface area contributed by atoms with Crippen LogP contribution in [0.5, 0.6) is 0 Å². The van der Waals surface area contributed by atoms with Crippen LogP contribution in [0.1, 0.15) is 16.1 Å². The Bertz CT molecular complexity index is 855. The van der Waals surface area contributed by atoms with Gasteiger partial charge in [0.25, 0.3) is 5.56 Å². The lowest BCUT2D eigenvalue weighted by atomic mass is 10.2. The average molecular weight is 310 g/mol. The molecular formula is C14H12F2N2O4. The SMILES string of the molecule is Cn1c(COC(=O)c2ccc(F)c(F)c2)cc(=O)n(C)c1=O. The summed E-state index contributed by atoms with van der Waals surface area (Å²) in [6.07, 6.45) is 0. The molecule has 0 aliphatic carbocycles. The van der Waals surface area contributed by atoms with Gasteiger partial charge >= 0.3 is 11.7 Å². The van der Waals surface area contributed by atoms with Gasteiger partial charge in [0.05, 0.1) is 11.3 Å². The number of rotatable bonds is 3. The molecule has 0 unspecified atom stereocenters. The minimum atomic E-state index is -1.17. The fourth-order valence-corrected chi connectivity index (χ4v) is 1.76. The van der Waals surface area contributed by atoms with Gasteiger partial charge in [0.2, 0.25) is 0 Å². The molecule has 0 aliphatic heterocycles. The minimum Gasteiger partial charge on any atom is -0.456 e. The summed E-state index contributed by atoms with van der Waals surface area (Å²) in [4.78, 5) is 35.0. The van der Waals surface area contributed by atoms with E-state index in [4.69, 9.17) is 4.74 Å². The maximum atomic E-state index is 13.0. The van der Waals surface area contributed by atoms with Crippen molar-refractivity contribution in [2.45, 2.75) is 6.61 Å². The molecule has 0 radical (unpaired) electrons. The van der Waals surface area contributed by atoms with E-state index >= 15 is 0 Å². The number of halogens is 2. The molecule has 8 heteroatoms. The highest BCUT2D eigenvalue weighted by Gasteiger charge is 2.13. The van der Waals surface area contributed by atoms with Crippen LogP contribution >= 0.6 is 0 Å². The molecule has 2 rings (SSSR count). The van der Waals surface area contributed by atoms with E-state index in [1.165, 1.54) is 14.1 Å². The molecule has 0 spiro atoms. The molecule has 0 bridgehead atoms. The maximum Gasteiger partial charge on any atom is 0.338 e. The van der Waals surface area contributed by atoms with Gasteiger partial charge < -0.3 is 4.74 Å². The zero-order chi connectivity index (χ0) is 16.4. The normalized spacial score (nSPS) is 10.5. The van der Waals surface area contributed by atoms with E-state index < -0.39 is 28.9 Å². The summed E-state index contributed by atoms with van der Waals surface area (Å²) < 4.78 is 32.8. The smallest absolute Gasteiger partial charge is 0.338 e. The van der Waals surface area contributed by atoms with E-state index in [2.05, 4.69) is 0 Å². The zero-order valence-corrected chi connectivity index (χ0v) is 11.8. The molecule has 1 heterocycles. The van der Waals surface area contributed by atoms with Crippen molar-refractivity contribution >= 4 is 5.97 Å². The molecule has 0 aliphatic rings. The molecule has 0 amide bonds. The third-order valence-corrected chi connectivity index (χ3v) is 3.13. The third-order valence-electron chi connectivity index (χ3n) is 3.13. The third kappa shape index (κ3) is 2.95. The van der Waals surface area contributed by atoms with Gasteiger partial charge in [-0.1, -0.05) is 0 Å². The first-order valence-electron chi connectivity index (χ1n) is 6.19. The first-order chi connectivity index (χ1) is 10.3. The van der Waals surface area contributed by atoms with Gasteiger partial charge in [0.1, 0.15) is 6.61 Å². The van der Waals surface area contributed by atoms with Crippen LogP contribution < -0.4 is 11.2 Å². The van der Waals surface area contributed by atoms with Gasteiger partial charge in [-0.3, -0.25) is 13.9 Å². The zero-order valence-electron chi connectivity index (χ0n) is 11.8. The highest BCUT2D eigenvalue weighted by molar-refractivity contribution is 5.89. The van der Waals surface area contributed by atoms with Crippen LogP contribution in [0.4, 0.5) is 8.78 Å². The van der Waals surface area contributed by atoms with E-state index in [1.807, 2.05) is 0 Å². The predicted octanol–water partition coefficient (Wildman–Crippen LogP) is 0.719. The molecule has 0 saturated heterocycles. The summed E-state index contributed by atoms with van der Waals surface area (Å²) in [5.41, 5.74) is -1.09. The van der Waals surface area contributed by atoms with Crippen LogP contribution in [0.25, 0.3) is 0 Å². The summed E-state index contributed by atoms with van der Waals surface area (Å²) in [5.74, 6) is -3.15. The van der Waals surface area contributed by atoms with Gasteiger partial charge in [-0.25, -0.2) is 18.4 Å². The van der Waals surface area contributed by atoms with Crippen molar-refractivity contribution in [2.75, 3.05) is 0 Å². The lowest BCUT2D eigenvalue weighted by molar-refractivity contribution is 0.0462. The van der Waals surface area contributed by atoms with Gasteiger partial charge in [0.15, 0.2) is 11.6 Å². The minimum absolute atomic E-state index is 0.173. The maximum absolute atomic E-state index is 13.0. The lowest BCUT2D eigenvalue weighted by Gasteiger charge is -2.10. The number of hydrogen-bond acceptors (Lipinski definition) is 4. The Morgan fingerprint density at radius 3 is 2.41 bits per heavy atom. The van der Waals surface area contributed by atoms with E-state index in [9.17, 15) is 23.2 Å². The van der Waals surface area contributed by atoms with Crippen molar-refractivity contribution in [1.82, 2.24) is 9.13 Å². The standard InChI is InChI=1S/C14H12F2N2O4/c1-17-9(6-12(19)18(2)14(17)21)7-22-13(20)8-3-4-10(15)11(16)5-8/h3-6H,7H2,1-2H3. The summed E-state index contributed by atoms with van der Waals surface area (Å²) in [7, 11) is 2.74.